The standard InChI is InChI=1S/C18H19FN4O/c1-3-12(2)23-18-14(10-21-23)9-16(11-20-18)22-17(24)8-13-4-6-15(19)7-5-13/h4-7,9-12H,3,8H2,1-2H3,(H,22,24). The molecule has 1 atom stereocenters. The van der Waals surface area contributed by atoms with E-state index in [0.29, 0.717) is 5.69 Å². The summed E-state index contributed by atoms with van der Waals surface area (Å²) in [5.41, 5.74) is 2.19. The third-order valence-electron chi connectivity index (χ3n) is 4.00. The van der Waals surface area contributed by atoms with Crippen molar-refractivity contribution < 1.29 is 9.18 Å². The number of anilines is 1. The maximum absolute atomic E-state index is 12.9. The summed E-state index contributed by atoms with van der Waals surface area (Å²) in [5.74, 6) is -0.482. The average Bonchev–Trinajstić information content (AvgIpc) is 2.99. The number of nitrogens with zero attached hydrogens (tertiary/aromatic N) is 3. The molecule has 3 rings (SSSR count). The van der Waals surface area contributed by atoms with E-state index in [1.807, 2.05) is 10.7 Å². The van der Waals surface area contributed by atoms with Crippen LogP contribution in [0.5, 0.6) is 0 Å². The molecule has 24 heavy (non-hydrogen) atoms. The van der Waals surface area contributed by atoms with Gasteiger partial charge in [-0.15, -0.1) is 0 Å². The number of carbonyl (C=O) groups is 1. The molecule has 1 N–H and O–H groups in total. The van der Waals surface area contributed by atoms with Gasteiger partial charge in [0.1, 0.15) is 5.82 Å². The topological polar surface area (TPSA) is 59.8 Å². The molecule has 0 radical (unpaired) electrons. The highest BCUT2D eigenvalue weighted by atomic mass is 19.1. The van der Waals surface area contributed by atoms with E-state index >= 15 is 0 Å². The molecule has 0 aliphatic carbocycles. The number of amides is 1. The van der Waals surface area contributed by atoms with Crippen molar-refractivity contribution in [3.8, 4) is 0 Å². The monoisotopic (exact) mass is 326 g/mol. The third kappa shape index (κ3) is 3.42. The van der Waals surface area contributed by atoms with Crippen LogP contribution in [0, 0.1) is 5.82 Å². The second kappa shape index (κ2) is 6.78. The molecule has 2 heterocycles. The van der Waals surface area contributed by atoms with Crippen LogP contribution >= 0.6 is 0 Å². The number of halogens is 1. The lowest BCUT2D eigenvalue weighted by molar-refractivity contribution is -0.115. The molecule has 0 bridgehead atoms. The fourth-order valence-corrected chi connectivity index (χ4v) is 2.50. The van der Waals surface area contributed by atoms with E-state index in [0.717, 1.165) is 23.0 Å². The van der Waals surface area contributed by atoms with Gasteiger partial charge in [0.25, 0.3) is 0 Å². The number of nitrogens with one attached hydrogen (secondary N) is 1. The lowest BCUT2D eigenvalue weighted by Crippen LogP contribution is -2.14. The van der Waals surface area contributed by atoms with Gasteiger partial charge in [-0.05, 0) is 37.1 Å². The van der Waals surface area contributed by atoms with Crippen molar-refractivity contribution in [3.63, 3.8) is 0 Å². The number of hydrogen-bond donors (Lipinski definition) is 1. The average molecular weight is 326 g/mol. The molecule has 5 nitrogen and oxygen atoms in total. The van der Waals surface area contributed by atoms with Gasteiger partial charge in [0.05, 0.1) is 30.5 Å². The summed E-state index contributed by atoms with van der Waals surface area (Å²) in [7, 11) is 0. The van der Waals surface area contributed by atoms with Crippen molar-refractivity contribution in [3.05, 3.63) is 54.1 Å². The molecule has 0 spiro atoms. The lowest BCUT2D eigenvalue weighted by atomic mass is 10.1. The van der Waals surface area contributed by atoms with Gasteiger partial charge >= 0.3 is 0 Å². The van der Waals surface area contributed by atoms with Crippen molar-refractivity contribution in [2.45, 2.75) is 32.7 Å². The first kappa shape index (κ1) is 16.1. The van der Waals surface area contributed by atoms with Gasteiger partial charge in [0, 0.05) is 5.39 Å². The first-order valence-corrected chi connectivity index (χ1v) is 7.94. The summed E-state index contributed by atoms with van der Waals surface area (Å²) < 4.78 is 14.8. The van der Waals surface area contributed by atoms with Gasteiger partial charge in [-0.3, -0.25) is 4.79 Å². The number of hydrogen-bond acceptors (Lipinski definition) is 3. The minimum Gasteiger partial charge on any atom is -0.324 e. The molecular weight excluding hydrogens is 307 g/mol. The largest absolute Gasteiger partial charge is 0.324 e. The summed E-state index contributed by atoms with van der Waals surface area (Å²) in [6, 6.07) is 8.03. The van der Waals surface area contributed by atoms with Gasteiger partial charge < -0.3 is 5.32 Å². The Bertz CT molecular complexity index is 857. The van der Waals surface area contributed by atoms with Gasteiger partial charge in [0.2, 0.25) is 5.91 Å². The molecule has 2 aromatic heterocycles. The van der Waals surface area contributed by atoms with Crippen molar-refractivity contribution in [1.82, 2.24) is 14.8 Å². The van der Waals surface area contributed by atoms with Crippen molar-refractivity contribution >= 4 is 22.6 Å². The zero-order valence-electron chi connectivity index (χ0n) is 13.7. The Morgan fingerprint density at radius 1 is 1.29 bits per heavy atom. The molecule has 0 aliphatic heterocycles. The number of pyridine rings is 1. The summed E-state index contributed by atoms with van der Waals surface area (Å²) in [6.07, 6.45) is 4.54. The van der Waals surface area contributed by atoms with Gasteiger partial charge in [-0.25, -0.2) is 14.1 Å². The number of rotatable bonds is 5. The first-order chi connectivity index (χ1) is 11.6. The van der Waals surface area contributed by atoms with Crippen LogP contribution in [0.4, 0.5) is 10.1 Å². The second-order valence-electron chi connectivity index (χ2n) is 5.83. The van der Waals surface area contributed by atoms with Crippen molar-refractivity contribution in [1.29, 1.82) is 0 Å². The highest BCUT2D eigenvalue weighted by Crippen LogP contribution is 2.20. The Balaban J connectivity index is 1.73. The number of carbonyl (C=O) groups excluding carboxylic acids is 1. The van der Waals surface area contributed by atoms with Crippen LogP contribution in [0.3, 0.4) is 0 Å². The molecule has 0 saturated heterocycles. The van der Waals surface area contributed by atoms with E-state index < -0.39 is 0 Å². The number of fused-ring (bicyclic) bond motifs is 1. The molecule has 0 fully saturated rings. The van der Waals surface area contributed by atoms with E-state index in [1.54, 1.807) is 24.5 Å². The van der Waals surface area contributed by atoms with Gasteiger partial charge in [-0.1, -0.05) is 19.1 Å². The van der Waals surface area contributed by atoms with Crippen LogP contribution in [0.15, 0.2) is 42.7 Å². The first-order valence-electron chi connectivity index (χ1n) is 7.94. The summed E-state index contributed by atoms with van der Waals surface area (Å²) in [4.78, 5) is 16.5. The normalized spacial score (nSPS) is 12.3. The van der Waals surface area contributed by atoms with Crippen molar-refractivity contribution in [2.24, 2.45) is 0 Å². The van der Waals surface area contributed by atoms with Crippen LogP contribution < -0.4 is 5.32 Å². The van der Waals surface area contributed by atoms with E-state index in [4.69, 9.17) is 0 Å². The predicted molar refractivity (Wildman–Crippen MR) is 91.3 cm³/mol. The fraction of sp³-hybridized carbons (Fsp3) is 0.278. The molecule has 124 valence electrons. The van der Waals surface area contributed by atoms with Crippen LogP contribution in [0.25, 0.3) is 11.0 Å². The fourth-order valence-electron chi connectivity index (χ4n) is 2.50. The molecule has 6 heteroatoms. The zero-order valence-corrected chi connectivity index (χ0v) is 13.7. The molecule has 0 aliphatic rings. The van der Waals surface area contributed by atoms with E-state index in [9.17, 15) is 9.18 Å². The molecule has 1 amide bonds. The quantitative estimate of drug-likeness (QED) is 0.777. The lowest BCUT2D eigenvalue weighted by Gasteiger charge is -2.10. The maximum Gasteiger partial charge on any atom is 0.228 e. The number of benzene rings is 1. The van der Waals surface area contributed by atoms with Crippen molar-refractivity contribution in [2.75, 3.05) is 5.32 Å². The van der Waals surface area contributed by atoms with Gasteiger partial charge in [0.15, 0.2) is 5.65 Å². The Hall–Kier alpha value is -2.76. The SMILES string of the molecule is CCC(C)n1ncc2cc(NC(=O)Cc3ccc(F)cc3)cnc21. The minimum absolute atomic E-state index is 0.169. The Morgan fingerprint density at radius 2 is 2.04 bits per heavy atom. The molecule has 1 unspecified atom stereocenters. The van der Waals surface area contributed by atoms with Crippen LogP contribution in [0.2, 0.25) is 0 Å². The molecule has 0 saturated carbocycles. The second-order valence-corrected chi connectivity index (χ2v) is 5.83. The number of aromatic nitrogens is 3. The van der Waals surface area contributed by atoms with Crippen LogP contribution in [-0.4, -0.2) is 20.7 Å². The van der Waals surface area contributed by atoms with Crippen LogP contribution in [-0.2, 0) is 11.2 Å². The highest BCUT2D eigenvalue weighted by Gasteiger charge is 2.11. The molecular formula is C18H19FN4O. The third-order valence-corrected chi connectivity index (χ3v) is 4.00. The smallest absolute Gasteiger partial charge is 0.228 e. The zero-order chi connectivity index (χ0) is 17.1. The van der Waals surface area contributed by atoms with Crippen LogP contribution in [0.1, 0.15) is 31.9 Å². The summed E-state index contributed by atoms with van der Waals surface area (Å²) >= 11 is 0. The molecule has 1 aromatic carbocycles. The van der Waals surface area contributed by atoms with E-state index in [-0.39, 0.29) is 24.2 Å². The minimum atomic E-state index is -0.313. The van der Waals surface area contributed by atoms with E-state index in [1.165, 1.54) is 12.1 Å². The Morgan fingerprint density at radius 3 is 2.75 bits per heavy atom. The highest BCUT2D eigenvalue weighted by molar-refractivity contribution is 5.93. The Kier molecular flexibility index (Phi) is 4.55. The maximum atomic E-state index is 12.9. The predicted octanol–water partition coefficient (Wildman–Crippen LogP) is 3.72. The Labute approximate surface area is 139 Å². The van der Waals surface area contributed by atoms with E-state index in [2.05, 4.69) is 29.2 Å². The summed E-state index contributed by atoms with van der Waals surface area (Å²) in [5, 5.41) is 8.07. The summed E-state index contributed by atoms with van der Waals surface area (Å²) in [6.45, 7) is 4.19. The van der Waals surface area contributed by atoms with Gasteiger partial charge in [-0.2, -0.15) is 5.10 Å². The molecule has 3 aromatic rings.